The van der Waals surface area contributed by atoms with Crippen LogP contribution in [-0.4, -0.2) is 37.9 Å². The minimum Gasteiger partial charge on any atom is -0.462 e. The fraction of sp³-hybridized carbons (Fsp3) is 0.867. The molecule has 0 aromatic carbocycles. The van der Waals surface area contributed by atoms with Crippen LogP contribution in [0, 0.1) is 0 Å². The first-order valence-electron chi connectivity index (χ1n) is 21.9. The summed E-state index contributed by atoms with van der Waals surface area (Å²) in [5.41, 5.74) is 0. The predicted octanol–water partition coefficient (Wildman–Crippen LogP) is 14.1. The third-order valence-corrected chi connectivity index (χ3v) is 9.47. The molecule has 0 aromatic heterocycles. The van der Waals surface area contributed by atoms with Crippen LogP contribution in [0.3, 0.4) is 0 Å². The molecule has 0 amide bonds. The number of ether oxygens (including phenoxy) is 3. The maximum atomic E-state index is 12.5. The summed E-state index contributed by atoms with van der Waals surface area (Å²) in [6.07, 6.45) is 46.3. The van der Waals surface area contributed by atoms with E-state index in [-0.39, 0.29) is 25.2 Å². The van der Waals surface area contributed by atoms with E-state index in [2.05, 4.69) is 45.1 Å². The van der Waals surface area contributed by atoms with Crippen molar-refractivity contribution in [2.75, 3.05) is 19.8 Å². The van der Waals surface area contributed by atoms with Crippen LogP contribution in [0.25, 0.3) is 0 Å². The second-order valence-corrected chi connectivity index (χ2v) is 14.6. The standard InChI is InChI=1S/C45H84O5/c1-4-7-10-13-15-17-19-21-22-23-25-27-29-31-34-37-40-48-41-43(50-45(47)39-36-32-12-9-6-3)42-49-44(46)38-35-33-30-28-26-24-20-18-16-14-11-8-5-2/h11,14,18,20,43H,4-10,12-13,15-17,19,21-42H2,1-3H3/b14-11-,20-18-. The second kappa shape index (κ2) is 41.8. The van der Waals surface area contributed by atoms with Crippen molar-refractivity contribution < 1.29 is 23.8 Å². The first kappa shape index (κ1) is 48.4. The molecular weight excluding hydrogens is 620 g/mol. The average Bonchev–Trinajstić information content (AvgIpc) is 3.11. The van der Waals surface area contributed by atoms with Crippen LogP contribution in [0.1, 0.15) is 226 Å². The van der Waals surface area contributed by atoms with E-state index >= 15 is 0 Å². The van der Waals surface area contributed by atoms with Crippen molar-refractivity contribution in [2.45, 2.75) is 232 Å². The number of allylic oxidation sites excluding steroid dienone is 4. The Morgan fingerprint density at radius 3 is 1.40 bits per heavy atom. The molecule has 0 fully saturated rings. The maximum absolute atomic E-state index is 12.5. The van der Waals surface area contributed by atoms with Crippen LogP contribution in [0.4, 0.5) is 0 Å². The molecule has 0 bridgehead atoms. The van der Waals surface area contributed by atoms with Gasteiger partial charge in [-0.25, -0.2) is 0 Å². The summed E-state index contributed by atoms with van der Waals surface area (Å²) in [5.74, 6) is -0.418. The molecule has 0 heterocycles. The molecule has 0 saturated carbocycles. The Morgan fingerprint density at radius 1 is 0.440 bits per heavy atom. The summed E-state index contributed by atoms with van der Waals surface area (Å²) in [6, 6.07) is 0. The Balaban J connectivity index is 4.05. The van der Waals surface area contributed by atoms with Crippen LogP contribution in [0.15, 0.2) is 24.3 Å². The van der Waals surface area contributed by atoms with Crippen LogP contribution in [0.2, 0.25) is 0 Å². The molecule has 1 atom stereocenters. The molecule has 5 nitrogen and oxygen atoms in total. The smallest absolute Gasteiger partial charge is 0.306 e. The lowest BCUT2D eigenvalue weighted by Gasteiger charge is -2.18. The Hall–Kier alpha value is -1.62. The molecule has 0 spiro atoms. The van der Waals surface area contributed by atoms with E-state index in [4.69, 9.17) is 14.2 Å². The van der Waals surface area contributed by atoms with Gasteiger partial charge in [0.1, 0.15) is 6.61 Å². The highest BCUT2D eigenvalue weighted by Gasteiger charge is 2.17. The average molecular weight is 705 g/mol. The van der Waals surface area contributed by atoms with E-state index in [1.807, 2.05) is 0 Å². The normalized spacial score (nSPS) is 12.3. The van der Waals surface area contributed by atoms with Crippen LogP contribution < -0.4 is 0 Å². The van der Waals surface area contributed by atoms with Gasteiger partial charge in [-0.15, -0.1) is 0 Å². The second-order valence-electron chi connectivity index (χ2n) is 14.6. The van der Waals surface area contributed by atoms with Gasteiger partial charge in [-0.1, -0.05) is 193 Å². The molecule has 5 heteroatoms. The van der Waals surface area contributed by atoms with Gasteiger partial charge in [0.15, 0.2) is 6.10 Å². The molecule has 0 aromatic rings. The van der Waals surface area contributed by atoms with E-state index in [1.165, 1.54) is 135 Å². The minimum absolute atomic E-state index is 0.0827. The first-order chi connectivity index (χ1) is 24.6. The topological polar surface area (TPSA) is 61.8 Å². The molecule has 0 saturated heterocycles. The van der Waals surface area contributed by atoms with Gasteiger partial charge in [-0.3, -0.25) is 9.59 Å². The lowest BCUT2D eigenvalue weighted by molar-refractivity contribution is -0.163. The van der Waals surface area contributed by atoms with E-state index < -0.39 is 6.10 Å². The Kier molecular flexibility index (Phi) is 40.4. The van der Waals surface area contributed by atoms with Gasteiger partial charge in [-0.2, -0.15) is 0 Å². The fourth-order valence-corrected chi connectivity index (χ4v) is 6.19. The maximum Gasteiger partial charge on any atom is 0.306 e. The largest absolute Gasteiger partial charge is 0.462 e. The molecule has 50 heavy (non-hydrogen) atoms. The molecule has 294 valence electrons. The van der Waals surface area contributed by atoms with E-state index in [1.54, 1.807) is 0 Å². The molecule has 1 unspecified atom stereocenters. The highest BCUT2D eigenvalue weighted by Crippen LogP contribution is 2.14. The van der Waals surface area contributed by atoms with Crippen molar-refractivity contribution in [2.24, 2.45) is 0 Å². The Labute approximate surface area is 311 Å². The summed E-state index contributed by atoms with van der Waals surface area (Å²) in [6.45, 7) is 7.70. The lowest BCUT2D eigenvalue weighted by atomic mass is 10.0. The molecule has 0 rings (SSSR count). The zero-order valence-electron chi connectivity index (χ0n) is 33.7. The van der Waals surface area contributed by atoms with Gasteiger partial charge in [0, 0.05) is 19.4 Å². The summed E-state index contributed by atoms with van der Waals surface area (Å²) in [7, 11) is 0. The van der Waals surface area contributed by atoms with Gasteiger partial charge in [0.2, 0.25) is 0 Å². The summed E-state index contributed by atoms with van der Waals surface area (Å²) < 4.78 is 17.2. The number of rotatable bonds is 40. The van der Waals surface area contributed by atoms with Crippen molar-refractivity contribution >= 4 is 11.9 Å². The highest BCUT2D eigenvalue weighted by atomic mass is 16.6. The molecule has 0 aliphatic heterocycles. The quantitative estimate of drug-likeness (QED) is 0.0361. The Bertz CT molecular complexity index is 761. The van der Waals surface area contributed by atoms with Crippen molar-refractivity contribution in [3.8, 4) is 0 Å². The highest BCUT2D eigenvalue weighted by molar-refractivity contribution is 5.70. The summed E-state index contributed by atoms with van der Waals surface area (Å²) in [5, 5.41) is 0. The van der Waals surface area contributed by atoms with Crippen LogP contribution in [-0.2, 0) is 23.8 Å². The molecular formula is C45H84O5. The molecule has 0 radical (unpaired) electrons. The number of hydrogen-bond donors (Lipinski definition) is 0. The van der Waals surface area contributed by atoms with Crippen molar-refractivity contribution in [3.63, 3.8) is 0 Å². The third kappa shape index (κ3) is 39.2. The number of esters is 2. The number of carbonyl (C=O) groups excluding carboxylic acids is 2. The minimum atomic E-state index is -0.529. The van der Waals surface area contributed by atoms with Gasteiger partial charge in [-0.05, 0) is 44.9 Å². The van der Waals surface area contributed by atoms with Gasteiger partial charge in [0.05, 0.1) is 6.61 Å². The third-order valence-electron chi connectivity index (χ3n) is 9.47. The Morgan fingerprint density at radius 2 is 0.880 bits per heavy atom. The van der Waals surface area contributed by atoms with E-state index in [9.17, 15) is 9.59 Å². The number of carbonyl (C=O) groups is 2. The molecule has 0 aliphatic carbocycles. The van der Waals surface area contributed by atoms with Crippen molar-refractivity contribution in [1.82, 2.24) is 0 Å². The van der Waals surface area contributed by atoms with Crippen LogP contribution >= 0.6 is 0 Å². The summed E-state index contributed by atoms with van der Waals surface area (Å²) >= 11 is 0. The van der Waals surface area contributed by atoms with E-state index in [0.29, 0.717) is 19.4 Å². The van der Waals surface area contributed by atoms with Gasteiger partial charge in [0.25, 0.3) is 0 Å². The van der Waals surface area contributed by atoms with E-state index in [0.717, 1.165) is 57.8 Å². The number of unbranched alkanes of at least 4 members (excludes halogenated alkanes) is 25. The fourth-order valence-electron chi connectivity index (χ4n) is 6.19. The predicted molar refractivity (Wildman–Crippen MR) is 215 cm³/mol. The molecule has 0 aliphatic rings. The van der Waals surface area contributed by atoms with Crippen molar-refractivity contribution in [1.29, 1.82) is 0 Å². The zero-order chi connectivity index (χ0) is 36.4. The molecule has 0 N–H and O–H groups in total. The first-order valence-corrected chi connectivity index (χ1v) is 21.9. The van der Waals surface area contributed by atoms with Crippen LogP contribution in [0.5, 0.6) is 0 Å². The van der Waals surface area contributed by atoms with Gasteiger partial charge >= 0.3 is 11.9 Å². The lowest BCUT2D eigenvalue weighted by Crippen LogP contribution is -2.30. The monoisotopic (exact) mass is 705 g/mol. The van der Waals surface area contributed by atoms with Crippen molar-refractivity contribution in [3.05, 3.63) is 24.3 Å². The summed E-state index contributed by atoms with van der Waals surface area (Å²) in [4.78, 5) is 24.9. The SMILES string of the molecule is CCC/C=C\C/C=C\CCCCCCCC(=O)OCC(COCCCCCCCCCCCCCCCCCC)OC(=O)CCCCCCC. The zero-order valence-corrected chi connectivity index (χ0v) is 33.7. The van der Waals surface area contributed by atoms with Gasteiger partial charge < -0.3 is 14.2 Å². The number of hydrogen-bond acceptors (Lipinski definition) is 5.